The molecule has 158 valence electrons. The van der Waals surface area contributed by atoms with E-state index in [0.717, 1.165) is 36.7 Å². The third kappa shape index (κ3) is 3.74. The normalized spacial score (nSPS) is 11.6. The van der Waals surface area contributed by atoms with Crippen molar-refractivity contribution in [2.45, 2.75) is 6.18 Å². The highest BCUT2D eigenvalue weighted by atomic mass is 19.4. The summed E-state index contributed by atoms with van der Waals surface area (Å²) in [5, 5.41) is 11.4. The van der Waals surface area contributed by atoms with E-state index < -0.39 is 35.3 Å². The summed E-state index contributed by atoms with van der Waals surface area (Å²) in [5.41, 5.74) is -0.977. The van der Waals surface area contributed by atoms with Gasteiger partial charge in [0.05, 0.1) is 29.0 Å². The average molecular weight is 435 g/mol. The lowest BCUT2D eigenvalue weighted by atomic mass is 10.2. The Balaban J connectivity index is 1.78. The Morgan fingerprint density at radius 1 is 1.03 bits per heavy atom. The first-order chi connectivity index (χ1) is 14.6. The van der Waals surface area contributed by atoms with Crippen molar-refractivity contribution in [2.24, 2.45) is 0 Å². The molecule has 2 aromatic heterocycles. The quantitative estimate of drug-likeness (QED) is 0.457. The van der Waals surface area contributed by atoms with E-state index in [1.165, 1.54) is 12.1 Å². The first-order valence-corrected chi connectivity index (χ1v) is 8.51. The number of benzene rings is 2. The zero-order valence-electron chi connectivity index (χ0n) is 15.2. The van der Waals surface area contributed by atoms with Gasteiger partial charge in [0.1, 0.15) is 23.1 Å². The third-order valence-electron chi connectivity index (χ3n) is 4.24. The number of aromatic carboxylic acids is 1. The maximum atomic E-state index is 13.8. The number of imidazole rings is 1. The largest absolute Gasteiger partial charge is 0.478 e. The zero-order valence-corrected chi connectivity index (χ0v) is 15.2. The van der Waals surface area contributed by atoms with E-state index in [4.69, 9.17) is 5.11 Å². The van der Waals surface area contributed by atoms with E-state index in [-0.39, 0.29) is 28.2 Å². The second-order valence-electron chi connectivity index (χ2n) is 6.26. The van der Waals surface area contributed by atoms with Crippen molar-refractivity contribution in [3.05, 3.63) is 71.8 Å². The minimum Gasteiger partial charge on any atom is -0.478 e. The topological polar surface area (TPSA) is 92.9 Å². The number of para-hydroxylation sites is 1. The van der Waals surface area contributed by atoms with Crippen LogP contribution in [0.15, 0.2) is 48.8 Å². The molecule has 4 aromatic rings. The van der Waals surface area contributed by atoms with Crippen LogP contribution in [0.5, 0.6) is 0 Å². The monoisotopic (exact) mass is 435 g/mol. The molecule has 7 nitrogen and oxygen atoms in total. The first kappa shape index (κ1) is 20.2. The molecular weight excluding hydrogens is 425 g/mol. The van der Waals surface area contributed by atoms with E-state index in [0.29, 0.717) is 4.57 Å². The predicted octanol–water partition coefficient (Wildman–Crippen LogP) is 4.55. The molecule has 0 atom stereocenters. The number of alkyl halides is 3. The maximum absolute atomic E-state index is 13.8. The van der Waals surface area contributed by atoms with Crippen molar-refractivity contribution in [1.29, 1.82) is 0 Å². The second kappa shape index (κ2) is 7.31. The highest BCUT2D eigenvalue weighted by Crippen LogP contribution is 2.33. The van der Waals surface area contributed by atoms with Crippen LogP contribution in [0.3, 0.4) is 0 Å². The second-order valence-corrected chi connectivity index (χ2v) is 6.26. The lowest BCUT2D eigenvalue weighted by molar-refractivity contribution is -0.145. The van der Waals surface area contributed by atoms with Crippen molar-refractivity contribution >= 4 is 28.5 Å². The van der Waals surface area contributed by atoms with E-state index in [1.54, 1.807) is 0 Å². The highest BCUT2D eigenvalue weighted by Gasteiger charge is 2.38. The first-order valence-electron chi connectivity index (χ1n) is 8.51. The molecule has 0 fully saturated rings. The van der Waals surface area contributed by atoms with Gasteiger partial charge in [0, 0.05) is 0 Å². The molecule has 0 aliphatic rings. The summed E-state index contributed by atoms with van der Waals surface area (Å²) in [5.74, 6) is -4.82. The Kier molecular flexibility index (Phi) is 4.76. The standard InChI is InChI=1S/C19H10F5N5O2/c20-10-2-1-3-11(21)16(10)28-14-7-26-15(8-25-14)29-13-5-4-9(17(30)31)6-12(13)27-18(29)19(22,23)24/h1-8H,(H,25,28)(H,30,31). The van der Waals surface area contributed by atoms with Gasteiger partial charge < -0.3 is 10.4 Å². The number of nitrogens with zero attached hydrogens (tertiary/aromatic N) is 4. The predicted molar refractivity (Wildman–Crippen MR) is 98.3 cm³/mol. The van der Waals surface area contributed by atoms with Gasteiger partial charge in [-0.3, -0.25) is 4.57 Å². The van der Waals surface area contributed by atoms with Crippen LogP contribution in [-0.2, 0) is 6.18 Å². The summed E-state index contributed by atoms with van der Waals surface area (Å²) in [6.45, 7) is 0. The summed E-state index contributed by atoms with van der Waals surface area (Å²) in [6, 6.07) is 6.52. The van der Waals surface area contributed by atoms with E-state index in [2.05, 4.69) is 20.3 Å². The van der Waals surface area contributed by atoms with Crippen molar-refractivity contribution < 1.29 is 31.9 Å². The van der Waals surface area contributed by atoms with Gasteiger partial charge in [-0.25, -0.2) is 28.5 Å². The summed E-state index contributed by atoms with van der Waals surface area (Å²) >= 11 is 0. The third-order valence-corrected chi connectivity index (χ3v) is 4.24. The number of carboxylic acid groups (broad SMARTS) is 1. The van der Waals surface area contributed by atoms with Crippen LogP contribution in [0.1, 0.15) is 16.2 Å². The minimum absolute atomic E-state index is 0.0486. The molecule has 2 N–H and O–H groups in total. The number of rotatable bonds is 4. The van der Waals surface area contributed by atoms with Crippen LogP contribution in [0.2, 0.25) is 0 Å². The van der Waals surface area contributed by atoms with Crippen LogP contribution in [0, 0.1) is 11.6 Å². The smallest absolute Gasteiger partial charge is 0.450 e. The van der Waals surface area contributed by atoms with E-state index in [9.17, 15) is 26.7 Å². The number of fused-ring (bicyclic) bond motifs is 1. The van der Waals surface area contributed by atoms with E-state index in [1.807, 2.05) is 0 Å². The number of hydrogen-bond donors (Lipinski definition) is 2. The van der Waals surface area contributed by atoms with Gasteiger partial charge in [-0.05, 0) is 30.3 Å². The van der Waals surface area contributed by atoms with Gasteiger partial charge >= 0.3 is 12.1 Å². The molecule has 0 saturated carbocycles. The Labute approximate surface area is 169 Å². The number of halogens is 5. The van der Waals surface area contributed by atoms with Gasteiger partial charge in [0.2, 0.25) is 5.82 Å². The summed E-state index contributed by atoms with van der Waals surface area (Å²) < 4.78 is 68.8. The van der Waals surface area contributed by atoms with Gasteiger partial charge in [-0.15, -0.1) is 0 Å². The molecule has 0 saturated heterocycles. The number of carbonyl (C=O) groups is 1. The van der Waals surface area contributed by atoms with Crippen molar-refractivity contribution in [3.8, 4) is 5.82 Å². The molecule has 2 heterocycles. The van der Waals surface area contributed by atoms with Crippen LogP contribution in [0.4, 0.5) is 33.5 Å². The van der Waals surface area contributed by atoms with Crippen molar-refractivity contribution in [1.82, 2.24) is 19.5 Å². The number of nitrogens with one attached hydrogen (secondary N) is 1. The fraction of sp³-hybridized carbons (Fsp3) is 0.0526. The summed E-state index contributed by atoms with van der Waals surface area (Å²) in [6.07, 6.45) is -2.92. The molecule has 4 rings (SSSR count). The van der Waals surface area contributed by atoms with Crippen LogP contribution < -0.4 is 5.32 Å². The molecule has 2 aromatic carbocycles. The van der Waals surface area contributed by atoms with Crippen LogP contribution >= 0.6 is 0 Å². The molecule has 0 radical (unpaired) electrons. The molecule has 0 bridgehead atoms. The number of carboxylic acids is 1. The van der Waals surface area contributed by atoms with Gasteiger partial charge in [0.15, 0.2) is 5.82 Å². The van der Waals surface area contributed by atoms with Gasteiger partial charge in [-0.1, -0.05) is 6.07 Å². The van der Waals surface area contributed by atoms with Crippen molar-refractivity contribution in [3.63, 3.8) is 0 Å². The molecule has 12 heteroatoms. The zero-order chi connectivity index (χ0) is 22.3. The Morgan fingerprint density at radius 3 is 2.32 bits per heavy atom. The molecule has 31 heavy (non-hydrogen) atoms. The minimum atomic E-state index is -4.88. The lowest BCUT2D eigenvalue weighted by Crippen LogP contribution is -2.15. The highest BCUT2D eigenvalue weighted by molar-refractivity contribution is 5.92. The number of anilines is 2. The van der Waals surface area contributed by atoms with Gasteiger partial charge in [-0.2, -0.15) is 13.2 Å². The maximum Gasteiger partial charge on any atom is 0.450 e. The molecular formula is C19H10F5N5O2. The fourth-order valence-corrected chi connectivity index (χ4v) is 2.88. The molecule has 0 aliphatic heterocycles. The van der Waals surface area contributed by atoms with Gasteiger partial charge in [0.25, 0.3) is 0 Å². The fourth-order valence-electron chi connectivity index (χ4n) is 2.88. The number of hydrogen-bond acceptors (Lipinski definition) is 5. The van der Waals surface area contributed by atoms with Crippen molar-refractivity contribution in [2.75, 3.05) is 5.32 Å². The lowest BCUT2D eigenvalue weighted by Gasteiger charge is -2.12. The Bertz CT molecular complexity index is 1280. The average Bonchev–Trinajstić information content (AvgIpc) is 3.10. The Hall–Kier alpha value is -4.09. The SMILES string of the molecule is O=C(O)c1ccc2c(c1)nc(C(F)(F)F)n2-c1cnc(Nc2c(F)cccc2F)cn1. The van der Waals surface area contributed by atoms with E-state index >= 15 is 0 Å². The Morgan fingerprint density at radius 2 is 1.74 bits per heavy atom. The molecule has 0 spiro atoms. The molecule has 0 amide bonds. The number of aromatic nitrogens is 4. The summed E-state index contributed by atoms with van der Waals surface area (Å²) in [7, 11) is 0. The molecule has 0 aliphatic carbocycles. The van der Waals surface area contributed by atoms with Crippen LogP contribution in [0.25, 0.3) is 16.9 Å². The molecule has 0 unspecified atom stereocenters. The summed E-state index contributed by atoms with van der Waals surface area (Å²) in [4.78, 5) is 22.4. The van der Waals surface area contributed by atoms with Crippen LogP contribution in [-0.4, -0.2) is 30.6 Å².